The first-order valence-corrected chi connectivity index (χ1v) is 12.3. The number of hydrogen-bond acceptors (Lipinski definition) is 9. The molecular formula is C22H26N6O5S. The van der Waals surface area contributed by atoms with Crippen molar-refractivity contribution in [1.82, 2.24) is 19.5 Å². The molecular weight excluding hydrogens is 460 g/mol. The monoisotopic (exact) mass is 486 g/mol. The molecule has 0 spiro atoms. The number of aliphatic imine (C=N–C) groups is 2. The van der Waals surface area contributed by atoms with Crippen LogP contribution in [0.3, 0.4) is 0 Å². The third-order valence-electron chi connectivity index (χ3n) is 5.36. The molecule has 3 heterocycles. The van der Waals surface area contributed by atoms with Crippen molar-refractivity contribution in [1.29, 1.82) is 0 Å². The zero-order valence-corrected chi connectivity index (χ0v) is 20.0. The van der Waals surface area contributed by atoms with Gasteiger partial charge in [-0.05, 0) is 30.7 Å². The Morgan fingerprint density at radius 2 is 2.09 bits per heavy atom. The third-order valence-corrected chi connectivity index (χ3v) is 7.28. The number of guanidine groups is 1. The van der Waals surface area contributed by atoms with Gasteiger partial charge >= 0.3 is 0 Å². The predicted molar refractivity (Wildman–Crippen MR) is 127 cm³/mol. The summed E-state index contributed by atoms with van der Waals surface area (Å²) >= 11 is 0. The molecule has 4 rings (SSSR count). The molecule has 0 saturated heterocycles. The third kappa shape index (κ3) is 4.73. The first kappa shape index (κ1) is 23.6. The smallest absolute Gasteiger partial charge is 0.259 e. The average molecular weight is 487 g/mol. The summed E-state index contributed by atoms with van der Waals surface area (Å²) in [5, 5.41) is 2.85. The maximum absolute atomic E-state index is 12.7. The number of carbonyl (C=O) groups is 1. The first-order chi connectivity index (χ1) is 16.3. The lowest BCUT2D eigenvalue weighted by atomic mass is 10.1. The normalized spacial score (nSPS) is 14.8. The van der Waals surface area contributed by atoms with Crippen molar-refractivity contribution in [3.63, 3.8) is 0 Å². The molecule has 2 aliphatic rings. The van der Waals surface area contributed by atoms with Crippen molar-refractivity contribution in [3.8, 4) is 11.5 Å². The Morgan fingerprint density at radius 3 is 2.79 bits per heavy atom. The highest BCUT2D eigenvalue weighted by Crippen LogP contribution is 2.43. The molecule has 1 N–H and O–H groups in total. The highest BCUT2D eigenvalue weighted by molar-refractivity contribution is 7.89. The minimum atomic E-state index is -3.30. The molecule has 0 atom stereocenters. The molecule has 180 valence electrons. The van der Waals surface area contributed by atoms with Crippen LogP contribution >= 0.6 is 0 Å². The van der Waals surface area contributed by atoms with E-state index in [0.717, 1.165) is 5.56 Å². The summed E-state index contributed by atoms with van der Waals surface area (Å²) in [7, 11) is 1.21. The van der Waals surface area contributed by atoms with Crippen molar-refractivity contribution in [2.24, 2.45) is 9.98 Å². The molecule has 11 nitrogen and oxygen atoms in total. The van der Waals surface area contributed by atoms with Gasteiger partial charge in [-0.2, -0.15) is 0 Å². The minimum absolute atomic E-state index is 0.0261. The van der Waals surface area contributed by atoms with Crippen molar-refractivity contribution in [3.05, 3.63) is 47.8 Å². The lowest BCUT2D eigenvalue weighted by Gasteiger charge is -2.28. The molecule has 12 heteroatoms. The number of sulfonamides is 1. The summed E-state index contributed by atoms with van der Waals surface area (Å²) < 4.78 is 36.6. The summed E-state index contributed by atoms with van der Waals surface area (Å²) in [5.74, 6) is 1.47. The summed E-state index contributed by atoms with van der Waals surface area (Å²) in [6.07, 6.45) is 3.39. The number of nitrogens with zero attached hydrogens (tertiary/aromatic N) is 5. The molecule has 1 aromatic carbocycles. The van der Waals surface area contributed by atoms with Gasteiger partial charge in [0.05, 0.1) is 31.6 Å². The van der Waals surface area contributed by atoms with Crippen LogP contribution in [0.1, 0.15) is 22.3 Å². The SMILES string of the molecule is COc1c(OCCCS(=O)(=O)N(C)C)ccc2c1N=C(NC(=O)c1cccnc1)N1CCN=C21. The first-order valence-electron chi connectivity index (χ1n) is 10.7. The fourth-order valence-electron chi connectivity index (χ4n) is 3.58. The van der Waals surface area contributed by atoms with Gasteiger partial charge in [-0.3, -0.25) is 25.0 Å². The lowest BCUT2D eigenvalue weighted by molar-refractivity contribution is 0.0973. The van der Waals surface area contributed by atoms with Gasteiger partial charge in [0.1, 0.15) is 11.5 Å². The number of pyridine rings is 1. The number of ether oxygens (including phenoxy) is 2. The van der Waals surface area contributed by atoms with Crippen LogP contribution < -0.4 is 14.8 Å². The Bertz CT molecular complexity index is 1240. The average Bonchev–Trinajstić information content (AvgIpc) is 3.32. The highest BCUT2D eigenvalue weighted by Gasteiger charge is 2.33. The van der Waals surface area contributed by atoms with Crippen LogP contribution in [0.25, 0.3) is 0 Å². The van der Waals surface area contributed by atoms with Gasteiger partial charge in [-0.25, -0.2) is 17.7 Å². The second-order valence-corrected chi connectivity index (χ2v) is 10.1. The maximum atomic E-state index is 12.7. The summed E-state index contributed by atoms with van der Waals surface area (Å²) in [6, 6.07) is 6.95. The summed E-state index contributed by atoms with van der Waals surface area (Å²) in [6.45, 7) is 1.34. The Kier molecular flexibility index (Phi) is 6.80. The quantitative estimate of drug-likeness (QED) is 0.557. The fourth-order valence-corrected chi connectivity index (χ4v) is 4.43. The molecule has 2 aliphatic heterocycles. The van der Waals surface area contributed by atoms with Gasteiger partial charge < -0.3 is 9.47 Å². The van der Waals surface area contributed by atoms with Crippen LogP contribution in [0.2, 0.25) is 0 Å². The molecule has 0 aliphatic carbocycles. The van der Waals surface area contributed by atoms with Gasteiger partial charge in [0.2, 0.25) is 16.0 Å². The van der Waals surface area contributed by atoms with Crippen molar-refractivity contribution >= 4 is 33.4 Å². The Balaban J connectivity index is 1.59. The highest BCUT2D eigenvalue weighted by atomic mass is 32.2. The van der Waals surface area contributed by atoms with Gasteiger partial charge in [-0.1, -0.05) is 0 Å². The van der Waals surface area contributed by atoms with Crippen LogP contribution in [0.5, 0.6) is 11.5 Å². The van der Waals surface area contributed by atoms with Crippen LogP contribution in [-0.2, 0) is 10.0 Å². The Labute approximate surface area is 198 Å². The van der Waals surface area contributed by atoms with Crippen molar-refractivity contribution in [2.75, 3.05) is 46.7 Å². The number of amides is 1. The van der Waals surface area contributed by atoms with E-state index in [-0.39, 0.29) is 18.3 Å². The number of methoxy groups -OCH3 is 1. The van der Waals surface area contributed by atoms with E-state index < -0.39 is 10.0 Å². The number of hydrogen-bond donors (Lipinski definition) is 1. The second-order valence-electron chi connectivity index (χ2n) is 7.78. The van der Waals surface area contributed by atoms with Crippen molar-refractivity contribution < 1.29 is 22.7 Å². The van der Waals surface area contributed by atoms with Gasteiger partial charge in [-0.15, -0.1) is 0 Å². The molecule has 0 saturated carbocycles. The second kappa shape index (κ2) is 9.77. The predicted octanol–water partition coefficient (Wildman–Crippen LogP) is 1.24. The van der Waals surface area contributed by atoms with E-state index in [0.29, 0.717) is 54.1 Å². The molecule has 2 aromatic rings. The molecule has 34 heavy (non-hydrogen) atoms. The number of fused-ring (bicyclic) bond motifs is 3. The standard InChI is InChI=1S/C22H26N6O5S/c1-27(2)34(30,31)13-5-12-33-17-8-7-16-18(19(17)32-3)25-22(28-11-10-24-20(16)28)26-21(29)15-6-4-9-23-14-15/h4,6-9,14H,5,10-13H2,1-3H3,(H,25,26,29). The number of rotatable bonds is 8. The van der Waals surface area contributed by atoms with Crippen LogP contribution in [-0.4, -0.2) is 87.0 Å². The maximum Gasteiger partial charge on any atom is 0.259 e. The van der Waals surface area contributed by atoms with E-state index in [1.807, 2.05) is 11.0 Å². The van der Waals surface area contributed by atoms with E-state index >= 15 is 0 Å². The summed E-state index contributed by atoms with van der Waals surface area (Å²) in [4.78, 5) is 27.8. The largest absolute Gasteiger partial charge is 0.491 e. The fraction of sp³-hybridized carbons (Fsp3) is 0.364. The minimum Gasteiger partial charge on any atom is -0.491 e. The van der Waals surface area contributed by atoms with Gasteiger partial charge in [0.15, 0.2) is 11.5 Å². The molecule has 0 fully saturated rings. The number of aromatic nitrogens is 1. The molecule has 0 unspecified atom stereocenters. The number of nitrogens with one attached hydrogen (secondary N) is 1. The Hall–Kier alpha value is -3.51. The van der Waals surface area contributed by atoms with Gasteiger partial charge in [0, 0.05) is 38.6 Å². The molecule has 0 radical (unpaired) electrons. The van der Waals surface area contributed by atoms with Gasteiger partial charge in [0.25, 0.3) is 5.91 Å². The lowest BCUT2D eigenvalue weighted by Crippen LogP contribution is -2.47. The van der Waals surface area contributed by atoms with E-state index in [9.17, 15) is 13.2 Å². The van der Waals surface area contributed by atoms with Crippen LogP contribution in [0, 0.1) is 0 Å². The van der Waals surface area contributed by atoms with E-state index in [4.69, 9.17) is 9.47 Å². The van der Waals surface area contributed by atoms with E-state index in [1.165, 1.54) is 31.7 Å². The molecule has 0 bridgehead atoms. The summed E-state index contributed by atoms with van der Waals surface area (Å²) in [5.41, 5.74) is 1.65. The van der Waals surface area contributed by atoms with Crippen LogP contribution in [0.4, 0.5) is 5.69 Å². The van der Waals surface area contributed by atoms with E-state index in [1.54, 1.807) is 24.4 Å². The number of amidine groups is 1. The number of carbonyl (C=O) groups excluding carboxylic acids is 1. The molecule has 1 aromatic heterocycles. The molecule has 1 amide bonds. The number of benzene rings is 1. The topological polar surface area (TPSA) is 126 Å². The Morgan fingerprint density at radius 1 is 1.26 bits per heavy atom. The van der Waals surface area contributed by atoms with Crippen molar-refractivity contribution in [2.45, 2.75) is 6.42 Å². The van der Waals surface area contributed by atoms with E-state index in [2.05, 4.69) is 20.3 Å². The zero-order valence-electron chi connectivity index (χ0n) is 19.2. The zero-order chi connectivity index (χ0) is 24.3. The van der Waals surface area contributed by atoms with Crippen LogP contribution in [0.15, 0.2) is 46.6 Å².